The second-order valence-corrected chi connectivity index (χ2v) is 9.15. The standard InChI is InChI=1S/C24H18FN7O3S/c1-11-19(31-32-26)21(29-20(11)23(34)35)13-4-2-12(3-5-13)14-6-7-16(15(25)8-14)28-24-30-22-17(33)9-27-10-18(22)36-24/h2-11,20,29,33H,1H3,(H,28,30)(H,34,35). The van der Waals surface area contributed by atoms with Crippen molar-refractivity contribution in [3.63, 3.8) is 0 Å². The molecule has 2 aromatic heterocycles. The number of aromatic nitrogens is 2. The van der Waals surface area contributed by atoms with Gasteiger partial charge in [0.1, 0.15) is 17.4 Å². The number of halogens is 1. The van der Waals surface area contributed by atoms with Gasteiger partial charge in [-0.25, -0.2) is 14.2 Å². The van der Waals surface area contributed by atoms with E-state index in [1.54, 1.807) is 49.5 Å². The molecular weight excluding hydrogens is 485 g/mol. The molecule has 0 bridgehead atoms. The number of nitrogens with zero attached hydrogens (tertiary/aromatic N) is 5. The van der Waals surface area contributed by atoms with Crippen molar-refractivity contribution in [3.8, 4) is 16.9 Å². The number of nitrogens with one attached hydrogen (secondary N) is 2. The Morgan fingerprint density at radius 2 is 1.92 bits per heavy atom. The third kappa shape index (κ3) is 4.15. The SMILES string of the molecule is CC1C(N=[N+]=[N-])=C(c2ccc(-c3ccc(Nc4nc5c(O)cncc5s4)c(F)c3)cc2)NC1C(=O)O. The summed E-state index contributed by atoms with van der Waals surface area (Å²) in [5, 5.41) is 29.3. The molecule has 180 valence electrons. The summed E-state index contributed by atoms with van der Waals surface area (Å²) in [4.78, 5) is 22.6. The van der Waals surface area contributed by atoms with Crippen LogP contribution in [0.25, 0.3) is 37.5 Å². The van der Waals surface area contributed by atoms with Crippen LogP contribution in [0.3, 0.4) is 0 Å². The topological polar surface area (TPSA) is 156 Å². The van der Waals surface area contributed by atoms with E-state index in [-0.39, 0.29) is 11.4 Å². The van der Waals surface area contributed by atoms with Crippen molar-refractivity contribution in [2.75, 3.05) is 5.32 Å². The summed E-state index contributed by atoms with van der Waals surface area (Å²) < 4.78 is 15.6. The summed E-state index contributed by atoms with van der Waals surface area (Å²) in [6.45, 7) is 1.68. The second-order valence-electron chi connectivity index (χ2n) is 8.12. The zero-order valence-electron chi connectivity index (χ0n) is 18.7. The Morgan fingerprint density at radius 1 is 1.19 bits per heavy atom. The normalized spacial score (nSPS) is 17.1. The lowest BCUT2D eigenvalue weighted by Gasteiger charge is -2.12. The number of anilines is 2. The first-order valence-corrected chi connectivity index (χ1v) is 11.6. The highest BCUT2D eigenvalue weighted by molar-refractivity contribution is 7.22. The predicted octanol–water partition coefficient (Wildman–Crippen LogP) is 5.62. The van der Waals surface area contributed by atoms with E-state index in [0.29, 0.717) is 37.9 Å². The van der Waals surface area contributed by atoms with Crippen molar-refractivity contribution in [2.24, 2.45) is 11.0 Å². The number of carboxylic acids is 1. The van der Waals surface area contributed by atoms with Crippen LogP contribution < -0.4 is 10.6 Å². The molecular formula is C24H18FN7O3S. The first-order chi connectivity index (χ1) is 17.4. The number of fused-ring (bicyclic) bond motifs is 1. The van der Waals surface area contributed by atoms with E-state index in [1.165, 1.54) is 23.6 Å². The number of rotatable bonds is 6. The number of hydrogen-bond donors (Lipinski definition) is 4. The summed E-state index contributed by atoms with van der Waals surface area (Å²) in [6.07, 6.45) is 2.88. The van der Waals surface area contributed by atoms with Crippen LogP contribution in [0.1, 0.15) is 12.5 Å². The molecule has 5 rings (SSSR count). The number of aromatic hydroxyl groups is 1. The zero-order valence-corrected chi connectivity index (χ0v) is 19.5. The number of pyridine rings is 1. The lowest BCUT2D eigenvalue weighted by atomic mass is 10.00. The van der Waals surface area contributed by atoms with E-state index < -0.39 is 23.7 Å². The Balaban J connectivity index is 1.39. The molecule has 2 aromatic carbocycles. The van der Waals surface area contributed by atoms with Gasteiger partial charge in [0.2, 0.25) is 0 Å². The van der Waals surface area contributed by atoms with Crippen molar-refractivity contribution >= 4 is 44.0 Å². The molecule has 3 heterocycles. The average molecular weight is 504 g/mol. The first kappa shape index (κ1) is 23.1. The smallest absolute Gasteiger partial charge is 0.326 e. The highest BCUT2D eigenvalue weighted by Gasteiger charge is 2.36. The number of hydrogen-bond acceptors (Lipinski definition) is 8. The maximum atomic E-state index is 14.9. The number of carboxylic acid groups (broad SMARTS) is 1. The molecule has 0 saturated carbocycles. The number of aliphatic carboxylic acids is 1. The number of carbonyl (C=O) groups is 1. The van der Waals surface area contributed by atoms with E-state index in [0.717, 1.165) is 5.56 Å². The van der Waals surface area contributed by atoms with Gasteiger partial charge in [0.25, 0.3) is 0 Å². The fourth-order valence-corrected chi connectivity index (χ4v) is 4.94. The van der Waals surface area contributed by atoms with Crippen molar-refractivity contribution in [1.29, 1.82) is 0 Å². The van der Waals surface area contributed by atoms with Crippen molar-refractivity contribution in [3.05, 3.63) is 82.4 Å². The first-order valence-electron chi connectivity index (χ1n) is 10.7. The molecule has 10 nitrogen and oxygen atoms in total. The molecule has 4 N–H and O–H groups in total. The van der Waals surface area contributed by atoms with E-state index in [2.05, 4.69) is 30.6 Å². The molecule has 0 saturated heterocycles. The fraction of sp³-hybridized carbons (Fsp3) is 0.125. The maximum Gasteiger partial charge on any atom is 0.326 e. The highest BCUT2D eigenvalue weighted by atomic mass is 32.1. The van der Waals surface area contributed by atoms with E-state index >= 15 is 0 Å². The van der Waals surface area contributed by atoms with Gasteiger partial charge in [-0.05, 0) is 34.4 Å². The summed E-state index contributed by atoms with van der Waals surface area (Å²) in [5.41, 5.74) is 12.4. The van der Waals surface area contributed by atoms with Gasteiger partial charge in [-0.15, -0.1) is 0 Å². The van der Waals surface area contributed by atoms with Crippen LogP contribution in [0.15, 0.2) is 65.7 Å². The van der Waals surface area contributed by atoms with Crippen molar-refractivity contribution in [1.82, 2.24) is 15.3 Å². The molecule has 0 amide bonds. The Hall–Kier alpha value is -4.67. The van der Waals surface area contributed by atoms with Gasteiger partial charge in [0.15, 0.2) is 10.9 Å². The van der Waals surface area contributed by atoms with Crippen LogP contribution >= 0.6 is 11.3 Å². The van der Waals surface area contributed by atoms with Gasteiger partial charge in [0, 0.05) is 28.4 Å². The van der Waals surface area contributed by atoms with Crippen LogP contribution in [-0.4, -0.2) is 32.2 Å². The monoisotopic (exact) mass is 503 g/mol. The van der Waals surface area contributed by atoms with Gasteiger partial charge < -0.3 is 20.8 Å². The number of thiazole rings is 1. The highest BCUT2D eigenvalue weighted by Crippen LogP contribution is 2.35. The molecule has 0 radical (unpaired) electrons. The van der Waals surface area contributed by atoms with Crippen LogP contribution in [-0.2, 0) is 4.79 Å². The maximum absolute atomic E-state index is 14.9. The second kappa shape index (κ2) is 9.17. The summed E-state index contributed by atoms with van der Waals surface area (Å²) in [5.74, 6) is -2.07. The Labute approximate surface area is 207 Å². The van der Waals surface area contributed by atoms with Crippen LogP contribution in [0.4, 0.5) is 15.2 Å². The average Bonchev–Trinajstić information content (AvgIpc) is 3.43. The van der Waals surface area contributed by atoms with Crippen LogP contribution in [0.2, 0.25) is 0 Å². The van der Waals surface area contributed by atoms with Gasteiger partial charge in [-0.2, -0.15) is 0 Å². The van der Waals surface area contributed by atoms with Crippen molar-refractivity contribution < 1.29 is 19.4 Å². The van der Waals surface area contributed by atoms with E-state index in [1.807, 2.05) is 0 Å². The van der Waals surface area contributed by atoms with E-state index in [4.69, 9.17) is 5.53 Å². The Morgan fingerprint density at radius 3 is 2.58 bits per heavy atom. The third-order valence-electron chi connectivity index (χ3n) is 5.91. The molecule has 2 unspecified atom stereocenters. The van der Waals surface area contributed by atoms with Crippen LogP contribution in [0, 0.1) is 11.7 Å². The fourth-order valence-electron chi connectivity index (χ4n) is 4.07. The molecule has 0 spiro atoms. The minimum atomic E-state index is -1.04. The molecule has 12 heteroatoms. The molecule has 0 aliphatic carbocycles. The van der Waals surface area contributed by atoms with E-state index in [9.17, 15) is 19.4 Å². The Kier molecular flexibility index (Phi) is 5.88. The number of azide groups is 1. The van der Waals surface area contributed by atoms with Crippen LogP contribution in [0.5, 0.6) is 5.75 Å². The molecule has 1 aliphatic heterocycles. The van der Waals surface area contributed by atoms with Gasteiger partial charge in [-0.3, -0.25) is 4.98 Å². The van der Waals surface area contributed by atoms with Crippen molar-refractivity contribution in [2.45, 2.75) is 13.0 Å². The van der Waals surface area contributed by atoms with Gasteiger partial charge >= 0.3 is 5.97 Å². The molecule has 1 aliphatic rings. The summed E-state index contributed by atoms with van der Waals surface area (Å²) in [6, 6.07) is 10.9. The quantitative estimate of drug-likeness (QED) is 0.151. The molecule has 2 atom stereocenters. The summed E-state index contributed by atoms with van der Waals surface area (Å²) in [7, 11) is 0. The summed E-state index contributed by atoms with van der Waals surface area (Å²) >= 11 is 1.25. The number of benzene rings is 2. The third-order valence-corrected chi connectivity index (χ3v) is 6.81. The largest absolute Gasteiger partial charge is 0.504 e. The zero-order chi connectivity index (χ0) is 25.4. The lowest BCUT2D eigenvalue weighted by molar-refractivity contribution is -0.139. The molecule has 4 aromatic rings. The van der Waals surface area contributed by atoms with Gasteiger partial charge in [0.05, 0.1) is 16.6 Å². The molecule has 36 heavy (non-hydrogen) atoms. The minimum absolute atomic E-state index is 0.0425. The lowest BCUT2D eigenvalue weighted by Crippen LogP contribution is -2.35. The molecule has 0 fully saturated rings. The minimum Gasteiger partial charge on any atom is -0.504 e. The van der Waals surface area contributed by atoms with Gasteiger partial charge in [-0.1, -0.05) is 53.7 Å². The Bertz CT molecular complexity index is 1580. The predicted molar refractivity (Wildman–Crippen MR) is 134 cm³/mol.